The molecule has 4 heteroatoms. The van der Waals surface area contributed by atoms with Crippen LogP contribution in [0.5, 0.6) is 5.75 Å². The minimum absolute atomic E-state index is 0.523. The van der Waals surface area contributed by atoms with Crippen molar-refractivity contribution < 1.29 is 14.6 Å². The number of ether oxygens (including phenoxy) is 1. The van der Waals surface area contributed by atoms with E-state index < -0.39 is 5.97 Å². The predicted octanol–water partition coefficient (Wildman–Crippen LogP) is 2.84. The average Bonchev–Trinajstić information content (AvgIpc) is 2.18. The van der Waals surface area contributed by atoms with Crippen LogP contribution < -0.4 is 4.74 Å². The van der Waals surface area contributed by atoms with Crippen molar-refractivity contribution in [1.82, 2.24) is 0 Å². The Kier molecular flexibility index (Phi) is 4.18. The van der Waals surface area contributed by atoms with Crippen molar-refractivity contribution in [3.63, 3.8) is 0 Å². The molecule has 80 valence electrons. The monoisotopic (exact) mass is 226 g/mol. The molecule has 0 saturated heterocycles. The molecular weight excluding hydrogens is 216 g/mol. The Hall–Kier alpha value is -1.48. The second kappa shape index (κ2) is 5.41. The van der Waals surface area contributed by atoms with Gasteiger partial charge in [0.15, 0.2) is 0 Å². The predicted molar refractivity (Wildman–Crippen MR) is 59.3 cm³/mol. The molecule has 0 heterocycles. The zero-order chi connectivity index (χ0) is 11.3. The second-order valence-corrected chi connectivity index (χ2v) is 3.22. The standard InChI is InChI=1S/C11H11ClO3/c1-2-15-10-5-4-9(12)7-8(10)3-6-11(13)14/h3-7H,2H2,1H3,(H,13,14)/b6-3+. The summed E-state index contributed by atoms with van der Waals surface area (Å²) in [6.45, 7) is 2.38. The molecule has 0 unspecified atom stereocenters. The van der Waals surface area contributed by atoms with E-state index in [1.165, 1.54) is 6.08 Å². The number of hydrogen-bond donors (Lipinski definition) is 1. The van der Waals surface area contributed by atoms with E-state index in [-0.39, 0.29) is 0 Å². The van der Waals surface area contributed by atoms with Gasteiger partial charge in [0.25, 0.3) is 0 Å². The lowest BCUT2D eigenvalue weighted by atomic mass is 10.2. The second-order valence-electron chi connectivity index (χ2n) is 2.79. The lowest BCUT2D eigenvalue weighted by Crippen LogP contribution is -1.94. The molecule has 0 amide bonds. The quantitative estimate of drug-likeness (QED) is 0.803. The highest BCUT2D eigenvalue weighted by molar-refractivity contribution is 6.30. The molecule has 0 saturated carbocycles. The molecule has 0 aliphatic heterocycles. The van der Waals surface area contributed by atoms with Gasteiger partial charge in [-0.2, -0.15) is 0 Å². The molecule has 0 bridgehead atoms. The lowest BCUT2D eigenvalue weighted by Gasteiger charge is -2.06. The van der Waals surface area contributed by atoms with Crippen LogP contribution in [0.1, 0.15) is 12.5 Å². The molecule has 3 nitrogen and oxygen atoms in total. The van der Waals surface area contributed by atoms with Gasteiger partial charge in [-0.05, 0) is 31.2 Å². The van der Waals surface area contributed by atoms with Gasteiger partial charge in [0.05, 0.1) is 6.61 Å². The maximum absolute atomic E-state index is 10.4. The highest BCUT2D eigenvalue weighted by Gasteiger charge is 2.01. The first-order valence-electron chi connectivity index (χ1n) is 4.47. The van der Waals surface area contributed by atoms with Crippen molar-refractivity contribution in [2.45, 2.75) is 6.92 Å². The summed E-state index contributed by atoms with van der Waals surface area (Å²) >= 11 is 5.80. The van der Waals surface area contributed by atoms with Crippen LogP contribution >= 0.6 is 11.6 Å². The molecule has 0 fully saturated rings. The number of hydrogen-bond acceptors (Lipinski definition) is 2. The van der Waals surface area contributed by atoms with Gasteiger partial charge in [0.2, 0.25) is 0 Å². The first kappa shape index (κ1) is 11.6. The largest absolute Gasteiger partial charge is 0.493 e. The van der Waals surface area contributed by atoms with Crippen molar-refractivity contribution in [3.8, 4) is 5.75 Å². The van der Waals surface area contributed by atoms with E-state index in [0.717, 1.165) is 6.08 Å². The summed E-state index contributed by atoms with van der Waals surface area (Å²) in [4.78, 5) is 10.4. The Balaban J connectivity index is 3.01. The van der Waals surface area contributed by atoms with Gasteiger partial charge in [-0.3, -0.25) is 0 Å². The fourth-order valence-corrected chi connectivity index (χ4v) is 1.28. The molecule has 0 aliphatic rings. The SMILES string of the molecule is CCOc1ccc(Cl)cc1/C=C/C(=O)O. The minimum atomic E-state index is -1.00. The number of carboxylic acid groups (broad SMARTS) is 1. The summed E-state index contributed by atoms with van der Waals surface area (Å²) in [6.07, 6.45) is 2.51. The highest BCUT2D eigenvalue weighted by atomic mass is 35.5. The summed E-state index contributed by atoms with van der Waals surface area (Å²) in [5.41, 5.74) is 0.659. The van der Waals surface area contributed by atoms with Crippen molar-refractivity contribution in [1.29, 1.82) is 0 Å². The van der Waals surface area contributed by atoms with Crippen LogP contribution in [0.2, 0.25) is 5.02 Å². The summed E-state index contributed by atoms with van der Waals surface area (Å²) in [5.74, 6) is -0.378. The molecule has 0 atom stereocenters. The topological polar surface area (TPSA) is 46.5 Å². The van der Waals surface area contributed by atoms with Gasteiger partial charge in [-0.1, -0.05) is 11.6 Å². The Bertz CT molecular complexity index is 385. The number of benzene rings is 1. The van der Waals surface area contributed by atoms with E-state index in [0.29, 0.717) is 22.9 Å². The number of rotatable bonds is 4. The molecule has 1 rings (SSSR count). The van der Waals surface area contributed by atoms with Crippen LogP contribution in [0.3, 0.4) is 0 Å². The van der Waals surface area contributed by atoms with Crippen LogP contribution in [-0.4, -0.2) is 17.7 Å². The summed E-state index contributed by atoms with van der Waals surface area (Å²) in [5, 5.41) is 9.05. The van der Waals surface area contributed by atoms with Crippen molar-refractivity contribution in [2.24, 2.45) is 0 Å². The smallest absolute Gasteiger partial charge is 0.328 e. The van der Waals surface area contributed by atoms with E-state index in [2.05, 4.69) is 0 Å². The van der Waals surface area contributed by atoms with Crippen molar-refractivity contribution in [2.75, 3.05) is 6.61 Å². The van der Waals surface area contributed by atoms with E-state index in [9.17, 15) is 4.79 Å². The Morgan fingerprint density at radius 1 is 1.60 bits per heavy atom. The summed E-state index contributed by atoms with van der Waals surface area (Å²) in [7, 11) is 0. The van der Waals surface area contributed by atoms with Gasteiger partial charge >= 0.3 is 5.97 Å². The maximum Gasteiger partial charge on any atom is 0.328 e. The Labute approximate surface area is 92.9 Å². The molecule has 15 heavy (non-hydrogen) atoms. The molecule has 1 aromatic carbocycles. The first-order chi connectivity index (χ1) is 7.13. The highest BCUT2D eigenvalue weighted by Crippen LogP contribution is 2.24. The normalized spacial score (nSPS) is 10.5. The molecule has 1 aromatic rings. The third kappa shape index (κ3) is 3.64. The van der Waals surface area contributed by atoms with Gasteiger partial charge < -0.3 is 9.84 Å². The summed E-state index contributed by atoms with van der Waals surface area (Å²) < 4.78 is 5.32. The lowest BCUT2D eigenvalue weighted by molar-refractivity contribution is -0.131. The number of carbonyl (C=O) groups is 1. The van der Waals surface area contributed by atoms with Crippen LogP contribution in [0.4, 0.5) is 0 Å². The van der Waals surface area contributed by atoms with Crippen LogP contribution in [0, 0.1) is 0 Å². The fourth-order valence-electron chi connectivity index (χ4n) is 1.10. The van der Waals surface area contributed by atoms with Crippen LogP contribution in [0.25, 0.3) is 6.08 Å². The zero-order valence-electron chi connectivity index (χ0n) is 8.24. The van der Waals surface area contributed by atoms with E-state index >= 15 is 0 Å². The summed E-state index contributed by atoms with van der Waals surface area (Å²) in [6, 6.07) is 5.07. The number of carboxylic acids is 1. The van der Waals surface area contributed by atoms with Gasteiger partial charge in [0.1, 0.15) is 5.75 Å². The molecule has 1 N–H and O–H groups in total. The van der Waals surface area contributed by atoms with E-state index in [1.54, 1.807) is 18.2 Å². The van der Waals surface area contributed by atoms with Crippen molar-refractivity contribution in [3.05, 3.63) is 34.9 Å². The fraction of sp³-hybridized carbons (Fsp3) is 0.182. The first-order valence-corrected chi connectivity index (χ1v) is 4.84. The van der Waals surface area contributed by atoms with E-state index in [1.807, 2.05) is 6.92 Å². The zero-order valence-corrected chi connectivity index (χ0v) is 8.99. The minimum Gasteiger partial charge on any atom is -0.493 e. The van der Waals surface area contributed by atoms with E-state index in [4.69, 9.17) is 21.4 Å². The average molecular weight is 227 g/mol. The van der Waals surface area contributed by atoms with Crippen LogP contribution in [-0.2, 0) is 4.79 Å². The third-order valence-corrected chi connectivity index (χ3v) is 1.91. The van der Waals surface area contributed by atoms with Gasteiger partial charge in [-0.15, -0.1) is 0 Å². The molecule has 0 aliphatic carbocycles. The van der Waals surface area contributed by atoms with Crippen molar-refractivity contribution >= 4 is 23.6 Å². The molecule has 0 spiro atoms. The molecule has 0 radical (unpaired) electrons. The van der Waals surface area contributed by atoms with Crippen LogP contribution in [0.15, 0.2) is 24.3 Å². The molecular formula is C11H11ClO3. The maximum atomic E-state index is 10.4. The number of halogens is 1. The van der Waals surface area contributed by atoms with Gasteiger partial charge in [-0.25, -0.2) is 4.79 Å². The molecule has 0 aromatic heterocycles. The van der Waals surface area contributed by atoms with Gasteiger partial charge in [0, 0.05) is 16.7 Å². The third-order valence-electron chi connectivity index (χ3n) is 1.68. The Morgan fingerprint density at radius 3 is 2.93 bits per heavy atom. The number of aliphatic carboxylic acids is 1. The Morgan fingerprint density at radius 2 is 2.33 bits per heavy atom.